The van der Waals surface area contributed by atoms with Crippen LogP contribution in [0.25, 0.3) is 0 Å². The molecule has 0 aliphatic carbocycles. The lowest BCUT2D eigenvalue weighted by molar-refractivity contribution is -0.115. The lowest BCUT2D eigenvalue weighted by Crippen LogP contribution is -2.03. The molecule has 12 heavy (non-hydrogen) atoms. The third kappa shape index (κ3) is 7.52. The Morgan fingerprint density at radius 3 is 2.17 bits per heavy atom. The van der Waals surface area contributed by atoms with Crippen molar-refractivity contribution in [2.24, 2.45) is 11.3 Å². The Morgan fingerprint density at radius 1 is 1.33 bits per heavy atom. The first-order valence-electron chi connectivity index (χ1n) is 4.53. The molecule has 0 radical (unpaired) electrons. The maximum absolute atomic E-state index is 11.2. The largest absolute Gasteiger partial charge is 0.295 e. The highest BCUT2D eigenvalue weighted by Gasteiger charge is 2.06. The van der Waals surface area contributed by atoms with Crippen LogP contribution in [-0.2, 0) is 4.79 Å². The van der Waals surface area contributed by atoms with Crippen LogP contribution < -0.4 is 0 Å². The van der Waals surface area contributed by atoms with Gasteiger partial charge in [-0.15, -0.1) is 0 Å². The molecular formula is C11H20O. The predicted molar refractivity (Wildman–Crippen MR) is 53.1 cm³/mol. The highest BCUT2D eigenvalue weighted by atomic mass is 16.1. The number of carbonyl (C=O) groups excluding carboxylic acids is 1. The van der Waals surface area contributed by atoms with E-state index in [9.17, 15) is 4.79 Å². The van der Waals surface area contributed by atoms with E-state index in [0.29, 0.717) is 12.3 Å². The van der Waals surface area contributed by atoms with Gasteiger partial charge in [0.05, 0.1) is 0 Å². The van der Waals surface area contributed by atoms with E-state index in [2.05, 4.69) is 34.6 Å². The summed E-state index contributed by atoms with van der Waals surface area (Å²) >= 11 is 0. The summed E-state index contributed by atoms with van der Waals surface area (Å²) in [7, 11) is 0. The molecule has 0 spiro atoms. The SMILES string of the molecule is CC(C)CC(=O)/C=C/C(C)(C)C. The topological polar surface area (TPSA) is 17.1 Å². The Kier molecular flexibility index (Phi) is 4.22. The zero-order valence-corrected chi connectivity index (χ0v) is 8.85. The molecular weight excluding hydrogens is 148 g/mol. The summed E-state index contributed by atoms with van der Waals surface area (Å²) < 4.78 is 0. The zero-order chi connectivity index (χ0) is 9.78. The molecule has 0 saturated heterocycles. The van der Waals surface area contributed by atoms with Gasteiger partial charge in [0, 0.05) is 6.42 Å². The van der Waals surface area contributed by atoms with Crippen LogP contribution in [0.4, 0.5) is 0 Å². The standard InChI is InChI=1S/C11H20O/c1-9(2)8-10(12)6-7-11(3,4)5/h6-7,9H,8H2,1-5H3/b7-6+. The van der Waals surface area contributed by atoms with E-state index in [1.165, 1.54) is 0 Å². The van der Waals surface area contributed by atoms with E-state index < -0.39 is 0 Å². The van der Waals surface area contributed by atoms with Gasteiger partial charge in [-0.3, -0.25) is 4.79 Å². The number of ketones is 1. The van der Waals surface area contributed by atoms with Gasteiger partial charge in [-0.2, -0.15) is 0 Å². The summed E-state index contributed by atoms with van der Waals surface area (Å²) in [4.78, 5) is 11.2. The zero-order valence-electron chi connectivity index (χ0n) is 8.85. The Morgan fingerprint density at radius 2 is 1.83 bits per heavy atom. The lowest BCUT2D eigenvalue weighted by atomic mass is 9.95. The first kappa shape index (κ1) is 11.4. The molecule has 0 amide bonds. The molecule has 0 atom stereocenters. The minimum absolute atomic E-state index is 0.118. The first-order chi connectivity index (χ1) is 5.31. The van der Waals surface area contributed by atoms with Crippen molar-refractivity contribution in [1.82, 2.24) is 0 Å². The highest BCUT2D eigenvalue weighted by Crippen LogP contribution is 2.14. The van der Waals surface area contributed by atoms with Crippen molar-refractivity contribution in [3.63, 3.8) is 0 Å². The summed E-state index contributed by atoms with van der Waals surface area (Å²) in [6.45, 7) is 10.4. The Labute approximate surface area is 75.9 Å². The Balaban J connectivity index is 3.93. The molecule has 70 valence electrons. The van der Waals surface area contributed by atoms with Crippen LogP contribution in [0.2, 0.25) is 0 Å². The molecule has 0 heterocycles. The number of allylic oxidation sites excluding steroid dienone is 2. The summed E-state index contributed by atoms with van der Waals surface area (Å²) in [5.41, 5.74) is 0.118. The van der Waals surface area contributed by atoms with E-state index in [0.717, 1.165) is 0 Å². The predicted octanol–water partition coefficient (Wildman–Crippen LogP) is 3.20. The fourth-order valence-electron chi connectivity index (χ4n) is 0.813. The van der Waals surface area contributed by atoms with E-state index in [-0.39, 0.29) is 11.2 Å². The fourth-order valence-corrected chi connectivity index (χ4v) is 0.813. The maximum Gasteiger partial charge on any atom is 0.155 e. The molecule has 0 bridgehead atoms. The van der Waals surface area contributed by atoms with Gasteiger partial charge < -0.3 is 0 Å². The van der Waals surface area contributed by atoms with Crippen molar-refractivity contribution in [2.45, 2.75) is 41.0 Å². The van der Waals surface area contributed by atoms with E-state index >= 15 is 0 Å². The molecule has 0 aromatic heterocycles. The lowest BCUT2D eigenvalue weighted by Gasteiger charge is -2.10. The molecule has 0 aromatic carbocycles. The van der Waals surface area contributed by atoms with Crippen LogP contribution in [0.15, 0.2) is 12.2 Å². The number of hydrogen-bond donors (Lipinski definition) is 0. The highest BCUT2D eigenvalue weighted by molar-refractivity contribution is 5.89. The summed E-state index contributed by atoms with van der Waals surface area (Å²) in [5, 5.41) is 0. The number of rotatable bonds is 3. The minimum atomic E-state index is 0.118. The second-order valence-corrected chi connectivity index (χ2v) is 4.76. The van der Waals surface area contributed by atoms with Crippen molar-refractivity contribution in [2.75, 3.05) is 0 Å². The van der Waals surface area contributed by atoms with E-state index in [4.69, 9.17) is 0 Å². The van der Waals surface area contributed by atoms with Crippen LogP contribution in [0, 0.1) is 11.3 Å². The Hall–Kier alpha value is -0.590. The number of carbonyl (C=O) groups is 1. The van der Waals surface area contributed by atoms with Gasteiger partial charge in [-0.05, 0) is 17.4 Å². The van der Waals surface area contributed by atoms with Crippen molar-refractivity contribution >= 4 is 5.78 Å². The summed E-state index contributed by atoms with van der Waals surface area (Å²) in [6, 6.07) is 0. The van der Waals surface area contributed by atoms with Crippen molar-refractivity contribution in [1.29, 1.82) is 0 Å². The summed E-state index contributed by atoms with van der Waals surface area (Å²) in [5.74, 6) is 0.696. The normalized spacial score (nSPS) is 12.8. The molecule has 0 N–H and O–H groups in total. The van der Waals surface area contributed by atoms with Crippen LogP contribution in [0.3, 0.4) is 0 Å². The number of hydrogen-bond acceptors (Lipinski definition) is 1. The first-order valence-corrected chi connectivity index (χ1v) is 4.53. The third-order valence-electron chi connectivity index (χ3n) is 1.38. The van der Waals surface area contributed by atoms with E-state index in [1.54, 1.807) is 6.08 Å². The summed E-state index contributed by atoms with van der Waals surface area (Å²) in [6.07, 6.45) is 4.34. The van der Waals surface area contributed by atoms with Crippen molar-refractivity contribution in [3.8, 4) is 0 Å². The molecule has 0 fully saturated rings. The fraction of sp³-hybridized carbons (Fsp3) is 0.727. The van der Waals surface area contributed by atoms with Gasteiger partial charge in [-0.1, -0.05) is 40.7 Å². The van der Waals surface area contributed by atoms with Gasteiger partial charge in [0.25, 0.3) is 0 Å². The van der Waals surface area contributed by atoms with Crippen molar-refractivity contribution in [3.05, 3.63) is 12.2 Å². The average Bonchev–Trinajstić information content (AvgIpc) is 1.80. The van der Waals surface area contributed by atoms with Gasteiger partial charge in [0.2, 0.25) is 0 Å². The quantitative estimate of drug-likeness (QED) is 0.591. The maximum atomic E-state index is 11.2. The second-order valence-electron chi connectivity index (χ2n) is 4.76. The Bertz CT molecular complexity index is 170. The van der Waals surface area contributed by atoms with Gasteiger partial charge in [0.1, 0.15) is 0 Å². The van der Waals surface area contributed by atoms with Crippen LogP contribution in [0.1, 0.15) is 41.0 Å². The monoisotopic (exact) mass is 168 g/mol. The molecule has 0 aliphatic rings. The molecule has 1 nitrogen and oxygen atoms in total. The van der Waals surface area contributed by atoms with Gasteiger partial charge in [-0.25, -0.2) is 0 Å². The molecule has 0 saturated carbocycles. The average molecular weight is 168 g/mol. The van der Waals surface area contributed by atoms with Gasteiger partial charge >= 0.3 is 0 Å². The minimum Gasteiger partial charge on any atom is -0.295 e. The van der Waals surface area contributed by atoms with Crippen LogP contribution in [-0.4, -0.2) is 5.78 Å². The molecule has 0 unspecified atom stereocenters. The molecule has 0 aliphatic heterocycles. The molecule has 0 aromatic rings. The van der Waals surface area contributed by atoms with Crippen LogP contribution in [0.5, 0.6) is 0 Å². The van der Waals surface area contributed by atoms with Crippen LogP contribution >= 0.6 is 0 Å². The van der Waals surface area contributed by atoms with E-state index in [1.807, 2.05) is 6.08 Å². The third-order valence-corrected chi connectivity index (χ3v) is 1.38. The van der Waals surface area contributed by atoms with Crippen molar-refractivity contribution < 1.29 is 4.79 Å². The second kappa shape index (κ2) is 4.44. The molecule has 1 heteroatoms. The molecule has 0 rings (SSSR count). The smallest absolute Gasteiger partial charge is 0.155 e. The van der Waals surface area contributed by atoms with Gasteiger partial charge in [0.15, 0.2) is 5.78 Å².